The lowest BCUT2D eigenvalue weighted by Crippen LogP contribution is -2.30. The average molecular weight is 428 g/mol. The summed E-state index contributed by atoms with van der Waals surface area (Å²) in [5, 5.41) is 48.3. The lowest BCUT2D eigenvalue weighted by molar-refractivity contribution is 0.0197. The van der Waals surface area contributed by atoms with Crippen LogP contribution in [0.3, 0.4) is 0 Å². The summed E-state index contributed by atoms with van der Waals surface area (Å²) in [6.45, 7) is 8.50. The number of benzene rings is 2. The fourth-order valence-electron chi connectivity index (χ4n) is 2.47. The summed E-state index contributed by atoms with van der Waals surface area (Å²) in [6.07, 6.45) is 0.585. The Labute approximate surface area is 171 Å². The third kappa shape index (κ3) is 6.36. The van der Waals surface area contributed by atoms with Crippen molar-refractivity contribution in [3.63, 3.8) is 0 Å². The maximum absolute atomic E-state index is 10.2. The molecule has 5 N–H and O–H groups in total. The summed E-state index contributed by atoms with van der Waals surface area (Å²) in [5.41, 5.74) is 0.894. The van der Waals surface area contributed by atoms with Crippen molar-refractivity contribution in [2.24, 2.45) is 0 Å². The van der Waals surface area contributed by atoms with Gasteiger partial charge in [0, 0.05) is 24.1 Å². The SMILES string of the molecule is CC.CSP(C)C.Oc1cc(O)c2c(c1)OC(c1ccc(O)c(O)c1)C(O)C2. The molecule has 8 heteroatoms. The lowest BCUT2D eigenvalue weighted by Gasteiger charge is -2.31. The van der Waals surface area contributed by atoms with Crippen molar-refractivity contribution in [2.75, 3.05) is 19.6 Å². The van der Waals surface area contributed by atoms with Crippen molar-refractivity contribution in [1.82, 2.24) is 0 Å². The van der Waals surface area contributed by atoms with Crippen LogP contribution in [0.5, 0.6) is 28.7 Å². The Hall–Kier alpha value is -1.82. The van der Waals surface area contributed by atoms with Crippen LogP contribution in [0.2, 0.25) is 0 Å². The molecule has 1 aliphatic rings. The molecule has 28 heavy (non-hydrogen) atoms. The molecule has 2 atom stereocenters. The molecule has 0 spiro atoms. The Bertz CT molecular complexity index is 769. The number of ether oxygens (including phenoxy) is 1. The number of hydrogen-bond donors (Lipinski definition) is 5. The molecular formula is C20H29O6PS. The van der Waals surface area contributed by atoms with Gasteiger partial charge in [0.25, 0.3) is 0 Å². The Balaban J connectivity index is 0.000000490. The van der Waals surface area contributed by atoms with Gasteiger partial charge >= 0.3 is 0 Å². The Kier molecular flexibility index (Phi) is 9.73. The van der Waals surface area contributed by atoms with Crippen molar-refractivity contribution < 1.29 is 30.3 Å². The van der Waals surface area contributed by atoms with E-state index in [-0.39, 0.29) is 35.2 Å². The monoisotopic (exact) mass is 428 g/mol. The van der Waals surface area contributed by atoms with Crippen LogP contribution in [0.25, 0.3) is 0 Å². The second-order valence-corrected chi connectivity index (χ2v) is 11.3. The van der Waals surface area contributed by atoms with Crippen LogP contribution in [0.1, 0.15) is 31.1 Å². The Morgan fingerprint density at radius 2 is 1.57 bits per heavy atom. The van der Waals surface area contributed by atoms with Crippen LogP contribution in [-0.4, -0.2) is 51.2 Å². The summed E-state index contributed by atoms with van der Waals surface area (Å²) < 4.78 is 5.62. The van der Waals surface area contributed by atoms with Gasteiger partial charge < -0.3 is 30.3 Å². The molecule has 0 amide bonds. The van der Waals surface area contributed by atoms with Crippen LogP contribution in [0.15, 0.2) is 30.3 Å². The molecule has 6 nitrogen and oxygen atoms in total. The van der Waals surface area contributed by atoms with Crippen molar-refractivity contribution in [2.45, 2.75) is 32.5 Å². The first-order valence-corrected chi connectivity index (χ1v) is 12.9. The van der Waals surface area contributed by atoms with E-state index < -0.39 is 12.2 Å². The van der Waals surface area contributed by atoms with Gasteiger partial charge in [0.2, 0.25) is 0 Å². The predicted molar refractivity (Wildman–Crippen MR) is 116 cm³/mol. The average Bonchev–Trinajstić information content (AvgIpc) is 2.66. The molecule has 0 bridgehead atoms. The van der Waals surface area contributed by atoms with E-state index in [4.69, 9.17) is 4.74 Å². The Morgan fingerprint density at radius 3 is 2.11 bits per heavy atom. The third-order valence-corrected chi connectivity index (χ3v) is 6.80. The van der Waals surface area contributed by atoms with Crippen LogP contribution in [-0.2, 0) is 6.42 Å². The van der Waals surface area contributed by atoms with Crippen molar-refractivity contribution in [1.29, 1.82) is 0 Å². The molecule has 0 fully saturated rings. The van der Waals surface area contributed by atoms with E-state index in [0.29, 0.717) is 18.3 Å². The lowest BCUT2D eigenvalue weighted by atomic mass is 9.94. The minimum Gasteiger partial charge on any atom is -0.508 e. The van der Waals surface area contributed by atoms with Gasteiger partial charge in [-0.3, -0.25) is 0 Å². The summed E-state index contributed by atoms with van der Waals surface area (Å²) in [6, 6.07) is 6.67. The molecule has 1 heterocycles. The predicted octanol–water partition coefficient (Wildman–Crippen LogP) is 4.58. The van der Waals surface area contributed by atoms with Gasteiger partial charge in [0.1, 0.15) is 23.4 Å². The highest BCUT2D eigenvalue weighted by Crippen LogP contribution is 2.42. The zero-order chi connectivity index (χ0) is 21.4. The smallest absolute Gasteiger partial charge is 0.157 e. The van der Waals surface area contributed by atoms with Crippen molar-refractivity contribution >= 4 is 18.5 Å². The molecule has 2 aromatic rings. The molecule has 2 unspecified atom stereocenters. The fourth-order valence-corrected chi connectivity index (χ4v) is 2.47. The third-order valence-electron chi connectivity index (χ3n) is 3.88. The summed E-state index contributed by atoms with van der Waals surface area (Å²) in [5.74, 6) is -0.589. The number of hydrogen-bond acceptors (Lipinski definition) is 7. The number of aliphatic hydroxyl groups is 1. The maximum atomic E-state index is 10.2. The standard InChI is InChI=1S/C15H14O6.C3H9PS.C2H6/c16-8-4-11(18)9-6-13(20)15(21-14(9)5-8)7-1-2-10(17)12(19)3-7;1-4(2)5-3;1-2/h1-5,13,15-20H,6H2;1-3H3;1-2H3. The molecule has 1 aliphatic heterocycles. The van der Waals surface area contributed by atoms with E-state index in [9.17, 15) is 25.5 Å². The molecule has 0 saturated heterocycles. The van der Waals surface area contributed by atoms with Gasteiger partial charge in [0.15, 0.2) is 11.5 Å². The van der Waals surface area contributed by atoms with Crippen molar-refractivity contribution in [3.05, 3.63) is 41.5 Å². The molecule has 2 aromatic carbocycles. The molecular weight excluding hydrogens is 399 g/mol. The van der Waals surface area contributed by atoms with Crippen LogP contribution < -0.4 is 4.74 Å². The number of phenols is 4. The van der Waals surface area contributed by atoms with Gasteiger partial charge in [-0.2, -0.15) is 0 Å². The largest absolute Gasteiger partial charge is 0.508 e. The maximum Gasteiger partial charge on any atom is 0.157 e. The van der Waals surface area contributed by atoms with E-state index >= 15 is 0 Å². The fraction of sp³-hybridized carbons (Fsp3) is 0.400. The second kappa shape index (κ2) is 11.2. The van der Waals surface area contributed by atoms with Crippen molar-refractivity contribution in [3.8, 4) is 28.7 Å². The molecule has 0 aromatic heterocycles. The Morgan fingerprint density at radius 1 is 0.964 bits per heavy atom. The van der Waals surface area contributed by atoms with Gasteiger partial charge in [-0.1, -0.05) is 27.0 Å². The molecule has 3 rings (SSSR count). The molecule has 156 valence electrons. The first kappa shape index (κ1) is 24.2. The first-order valence-electron chi connectivity index (χ1n) is 8.85. The summed E-state index contributed by atoms with van der Waals surface area (Å²) >= 11 is 1.94. The number of phenolic OH excluding ortho intramolecular Hbond substituents is 4. The zero-order valence-electron chi connectivity index (χ0n) is 16.7. The van der Waals surface area contributed by atoms with Gasteiger partial charge in [-0.25, -0.2) is 0 Å². The minimum absolute atomic E-state index is 0.143. The highest BCUT2D eigenvalue weighted by Gasteiger charge is 2.32. The normalized spacial score (nSPS) is 17.4. The zero-order valence-corrected chi connectivity index (χ0v) is 18.5. The number of aliphatic hydroxyl groups excluding tert-OH is 1. The number of aromatic hydroxyl groups is 4. The topological polar surface area (TPSA) is 110 Å². The van der Waals surface area contributed by atoms with E-state index in [1.165, 1.54) is 30.3 Å². The highest BCUT2D eigenvalue weighted by atomic mass is 32.7. The van der Waals surface area contributed by atoms with E-state index in [1.807, 2.05) is 25.2 Å². The van der Waals surface area contributed by atoms with Crippen LogP contribution in [0, 0.1) is 0 Å². The van der Waals surface area contributed by atoms with Gasteiger partial charge in [0.05, 0.1) is 6.10 Å². The second-order valence-electron chi connectivity index (χ2n) is 5.99. The minimum atomic E-state index is -0.933. The first-order chi connectivity index (χ1) is 13.2. The number of fused-ring (bicyclic) bond motifs is 1. The quantitative estimate of drug-likeness (QED) is 0.352. The highest BCUT2D eigenvalue weighted by molar-refractivity contribution is 8.55. The van der Waals surface area contributed by atoms with E-state index in [0.717, 1.165) is 0 Å². The summed E-state index contributed by atoms with van der Waals surface area (Å²) in [4.78, 5) is 0. The van der Waals surface area contributed by atoms with Gasteiger partial charge in [-0.15, -0.1) is 11.4 Å². The van der Waals surface area contributed by atoms with Gasteiger partial charge in [-0.05, 0) is 37.3 Å². The van der Waals surface area contributed by atoms with E-state index in [2.05, 4.69) is 19.6 Å². The molecule has 0 radical (unpaired) electrons. The summed E-state index contributed by atoms with van der Waals surface area (Å²) in [7, 11) is 0.318. The molecule has 0 aliphatic carbocycles. The van der Waals surface area contributed by atoms with Crippen LogP contribution >= 0.6 is 18.5 Å². The van der Waals surface area contributed by atoms with E-state index in [1.54, 1.807) is 0 Å². The molecule has 0 saturated carbocycles. The number of rotatable bonds is 2. The van der Waals surface area contributed by atoms with Crippen LogP contribution in [0.4, 0.5) is 0 Å².